The third-order valence-electron chi connectivity index (χ3n) is 2.14. The van der Waals surface area contributed by atoms with Crippen molar-refractivity contribution in [1.29, 1.82) is 0 Å². The summed E-state index contributed by atoms with van der Waals surface area (Å²) in [6.07, 6.45) is 4.48. The predicted octanol–water partition coefficient (Wildman–Crippen LogP) is 2.23. The van der Waals surface area contributed by atoms with Gasteiger partial charge in [-0.1, -0.05) is 0 Å². The molecule has 0 aromatic carbocycles. The highest BCUT2D eigenvalue weighted by Gasteiger charge is 2.08. The first-order valence-corrected chi connectivity index (χ1v) is 4.74. The molecular weight excluding hydrogens is 174 g/mol. The van der Waals surface area contributed by atoms with Crippen LogP contribution in [0.25, 0.3) is 0 Å². The van der Waals surface area contributed by atoms with E-state index in [2.05, 4.69) is 16.8 Å². The lowest BCUT2D eigenvalue weighted by Gasteiger charge is -2.11. The van der Waals surface area contributed by atoms with Gasteiger partial charge in [0.05, 0.1) is 6.10 Å². The number of nitrogens with zero attached hydrogens (tertiary/aromatic N) is 1. The van der Waals surface area contributed by atoms with E-state index in [1.807, 2.05) is 19.9 Å². The minimum absolute atomic E-state index is 0.418. The van der Waals surface area contributed by atoms with Crippen molar-refractivity contribution in [2.75, 3.05) is 0 Å². The predicted molar refractivity (Wildman–Crippen MR) is 56.6 cm³/mol. The fourth-order valence-electron chi connectivity index (χ4n) is 1.35. The first-order chi connectivity index (χ1) is 6.75. The SMILES string of the molecule is CC#CCCC(O)c1ccncc1C. The molecule has 1 aromatic heterocycles. The van der Waals surface area contributed by atoms with Crippen LogP contribution in [-0.4, -0.2) is 10.1 Å². The van der Waals surface area contributed by atoms with Crippen LogP contribution in [-0.2, 0) is 0 Å². The summed E-state index contributed by atoms with van der Waals surface area (Å²) in [5.74, 6) is 5.76. The van der Waals surface area contributed by atoms with Gasteiger partial charge in [-0.25, -0.2) is 0 Å². The average Bonchev–Trinajstić information content (AvgIpc) is 2.18. The third-order valence-corrected chi connectivity index (χ3v) is 2.14. The summed E-state index contributed by atoms with van der Waals surface area (Å²) in [7, 11) is 0. The lowest BCUT2D eigenvalue weighted by molar-refractivity contribution is 0.168. The van der Waals surface area contributed by atoms with Crippen molar-refractivity contribution >= 4 is 0 Å². The number of rotatable bonds is 3. The molecule has 1 heterocycles. The van der Waals surface area contributed by atoms with Gasteiger partial charge < -0.3 is 5.11 Å². The largest absolute Gasteiger partial charge is 0.388 e. The van der Waals surface area contributed by atoms with Crippen molar-refractivity contribution in [1.82, 2.24) is 4.98 Å². The van der Waals surface area contributed by atoms with Crippen molar-refractivity contribution in [3.05, 3.63) is 29.6 Å². The second-order valence-electron chi connectivity index (χ2n) is 3.21. The highest BCUT2D eigenvalue weighted by atomic mass is 16.3. The molecule has 1 aromatic rings. The van der Waals surface area contributed by atoms with Crippen LogP contribution < -0.4 is 0 Å². The zero-order valence-electron chi connectivity index (χ0n) is 8.62. The van der Waals surface area contributed by atoms with E-state index in [0.29, 0.717) is 6.42 Å². The number of aryl methyl sites for hydroxylation is 1. The van der Waals surface area contributed by atoms with Crippen LogP contribution in [0.2, 0.25) is 0 Å². The molecule has 0 bridgehead atoms. The summed E-state index contributed by atoms with van der Waals surface area (Å²) in [5, 5.41) is 9.83. The molecule has 0 saturated carbocycles. The second-order valence-corrected chi connectivity index (χ2v) is 3.21. The van der Waals surface area contributed by atoms with Gasteiger partial charge >= 0.3 is 0 Å². The van der Waals surface area contributed by atoms with Crippen LogP contribution in [0.15, 0.2) is 18.5 Å². The number of hydrogen-bond donors (Lipinski definition) is 1. The molecule has 14 heavy (non-hydrogen) atoms. The molecule has 0 radical (unpaired) electrons. The topological polar surface area (TPSA) is 33.1 Å². The van der Waals surface area contributed by atoms with E-state index in [-0.39, 0.29) is 0 Å². The van der Waals surface area contributed by atoms with Crippen LogP contribution in [0.1, 0.15) is 37.0 Å². The zero-order valence-corrected chi connectivity index (χ0v) is 8.62. The fraction of sp³-hybridized carbons (Fsp3) is 0.417. The standard InChI is InChI=1S/C12H15NO/c1-3-4-5-6-12(14)11-7-8-13-9-10(11)2/h7-9,12,14H,5-6H2,1-2H3. The summed E-state index contributed by atoms with van der Waals surface area (Å²) in [6, 6.07) is 1.86. The summed E-state index contributed by atoms with van der Waals surface area (Å²) in [6.45, 7) is 3.77. The van der Waals surface area contributed by atoms with Gasteiger partial charge in [0.2, 0.25) is 0 Å². The molecule has 0 aliphatic heterocycles. The maximum absolute atomic E-state index is 9.83. The summed E-state index contributed by atoms with van der Waals surface area (Å²) in [5.41, 5.74) is 1.99. The molecule has 1 atom stereocenters. The van der Waals surface area contributed by atoms with E-state index in [1.54, 1.807) is 12.4 Å². The Labute approximate surface area is 85.0 Å². The Bertz CT molecular complexity index is 349. The molecule has 74 valence electrons. The Kier molecular flexibility index (Phi) is 4.15. The Morgan fingerprint density at radius 2 is 2.36 bits per heavy atom. The maximum atomic E-state index is 9.83. The minimum Gasteiger partial charge on any atom is -0.388 e. The van der Waals surface area contributed by atoms with E-state index in [1.165, 1.54) is 0 Å². The van der Waals surface area contributed by atoms with Gasteiger partial charge in [-0.05, 0) is 37.5 Å². The quantitative estimate of drug-likeness (QED) is 0.740. The van der Waals surface area contributed by atoms with Gasteiger partial charge in [-0.15, -0.1) is 11.8 Å². The zero-order chi connectivity index (χ0) is 10.4. The Morgan fingerprint density at radius 3 is 3.00 bits per heavy atom. The summed E-state index contributed by atoms with van der Waals surface area (Å²) < 4.78 is 0. The fourth-order valence-corrected chi connectivity index (χ4v) is 1.35. The van der Waals surface area contributed by atoms with Gasteiger partial charge in [0.25, 0.3) is 0 Å². The summed E-state index contributed by atoms with van der Waals surface area (Å²) in [4.78, 5) is 3.98. The van der Waals surface area contributed by atoms with Gasteiger partial charge in [-0.2, -0.15) is 0 Å². The van der Waals surface area contributed by atoms with Crippen molar-refractivity contribution in [2.24, 2.45) is 0 Å². The van der Waals surface area contributed by atoms with Crippen LogP contribution >= 0.6 is 0 Å². The number of aromatic nitrogens is 1. The van der Waals surface area contributed by atoms with Crippen molar-refractivity contribution < 1.29 is 5.11 Å². The molecule has 2 heteroatoms. The van der Waals surface area contributed by atoms with E-state index in [0.717, 1.165) is 17.5 Å². The Hall–Kier alpha value is -1.33. The first kappa shape index (κ1) is 10.7. The van der Waals surface area contributed by atoms with E-state index in [4.69, 9.17) is 0 Å². The van der Waals surface area contributed by atoms with Crippen molar-refractivity contribution in [3.8, 4) is 11.8 Å². The molecule has 0 fully saturated rings. The highest BCUT2D eigenvalue weighted by molar-refractivity contribution is 5.24. The smallest absolute Gasteiger partial charge is 0.0802 e. The Morgan fingerprint density at radius 1 is 1.57 bits per heavy atom. The number of aliphatic hydroxyl groups excluding tert-OH is 1. The molecule has 1 rings (SSSR count). The molecule has 0 aliphatic carbocycles. The molecular formula is C12H15NO. The van der Waals surface area contributed by atoms with Gasteiger partial charge in [-0.3, -0.25) is 4.98 Å². The molecule has 1 unspecified atom stereocenters. The van der Waals surface area contributed by atoms with E-state index < -0.39 is 6.10 Å². The Balaban J connectivity index is 2.63. The van der Waals surface area contributed by atoms with E-state index in [9.17, 15) is 5.11 Å². The lowest BCUT2D eigenvalue weighted by Crippen LogP contribution is -1.99. The number of pyridine rings is 1. The number of aliphatic hydroxyl groups is 1. The van der Waals surface area contributed by atoms with Crippen molar-refractivity contribution in [3.63, 3.8) is 0 Å². The molecule has 0 spiro atoms. The van der Waals surface area contributed by atoms with Gasteiger partial charge in [0, 0.05) is 18.8 Å². The van der Waals surface area contributed by atoms with Crippen LogP contribution in [0, 0.1) is 18.8 Å². The monoisotopic (exact) mass is 189 g/mol. The molecule has 0 aliphatic rings. The first-order valence-electron chi connectivity index (χ1n) is 4.74. The average molecular weight is 189 g/mol. The second kappa shape index (κ2) is 5.41. The molecule has 2 nitrogen and oxygen atoms in total. The van der Waals surface area contributed by atoms with Crippen LogP contribution in [0.5, 0.6) is 0 Å². The third kappa shape index (κ3) is 2.86. The van der Waals surface area contributed by atoms with Crippen molar-refractivity contribution in [2.45, 2.75) is 32.8 Å². The molecule has 0 saturated heterocycles. The maximum Gasteiger partial charge on any atom is 0.0802 e. The van der Waals surface area contributed by atoms with Crippen LogP contribution in [0.3, 0.4) is 0 Å². The van der Waals surface area contributed by atoms with E-state index >= 15 is 0 Å². The molecule has 1 N–H and O–H groups in total. The molecule has 0 amide bonds. The summed E-state index contributed by atoms with van der Waals surface area (Å²) >= 11 is 0. The minimum atomic E-state index is -0.418. The normalized spacial score (nSPS) is 11.6. The lowest BCUT2D eigenvalue weighted by atomic mass is 10.0. The number of hydrogen-bond acceptors (Lipinski definition) is 2. The highest BCUT2D eigenvalue weighted by Crippen LogP contribution is 2.20. The van der Waals surface area contributed by atoms with Gasteiger partial charge in [0.15, 0.2) is 0 Å². The van der Waals surface area contributed by atoms with Gasteiger partial charge in [0.1, 0.15) is 0 Å². The van der Waals surface area contributed by atoms with Crippen LogP contribution in [0.4, 0.5) is 0 Å².